The minimum Gasteiger partial charge on any atom is -0.497 e. The maximum atomic E-state index is 12.7. The molecule has 0 unspecified atom stereocenters. The number of morpholine rings is 1. The zero-order chi connectivity index (χ0) is 20.3. The summed E-state index contributed by atoms with van der Waals surface area (Å²) in [6.45, 7) is 1.95. The molecule has 29 heavy (non-hydrogen) atoms. The summed E-state index contributed by atoms with van der Waals surface area (Å²) < 4.78 is 39.4. The first-order chi connectivity index (χ1) is 14.1. The van der Waals surface area contributed by atoms with Crippen LogP contribution in [0, 0.1) is 0 Å². The summed E-state index contributed by atoms with van der Waals surface area (Å²) in [7, 11) is -1.76. The lowest BCUT2D eigenvalue weighted by Gasteiger charge is -2.26. The predicted molar refractivity (Wildman–Crippen MR) is 108 cm³/mol. The highest BCUT2D eigenvalue weighted by atomic mass is 32.2. The fourth-order valence-corrected chi connectivity index (χ4v) is 4.76. The number of imidazole rings is 2. The second-order valence-corrected chi connectivity index (χ2v) is 8.75. The topological polar surface area (TPSA) is 102 Å². The van der Waals surface area contributed by atoms with Crippen LogP contribution in [0.25, 0.3) is 22.6 Å². The Balaban J connectivity index is 1.64. The maximum absolute atomic E-state index is 12.7. The van der Waals surface area contributed by atoms with E-state index in [0.29, 0.717) is 26.3 Å². The van der Waals surface area contributed by atoms with E-state index in [1.165, 1.54) is 4.31 Å². The number of benzene rings is 1. The summed E-state index contributed by atoms with van der Waals surface area (Å²) in [5.74, 6) is 0.713. The van der Waals surface area contributed by atoms with Gasteiger partial charge in [0.15, 0.2) is 0 Å². The SMILES string of the molecule is COc1cccc(-c2ncn(CCS(=O)(=O)N3CCOCC3)c2-c2cnc[nH]2)c1. The van der Waals surface area contributed by atoms with Crippen LogP contribution in [0.5, 0.6) is 5.75 Å². The Bertz CT molecular complexity index is 1060. The minimum atomic E-state index is -3.37. The Hall–Kier alpha value is -2.69. The van der Waals surface area contributed by atoms with E-state index in [9.17, 15) is 8.42 Å². The van der Waals surface area contributed by atoms with Crippen molar-refractivity contribution in [3.05, 3.63) is 43.1 Å². The molecule has 0 amide bonds. The van der Waals surface area contributed by atoms with Crippen LogP contribution < -0.4 is 4.74 Å². The van der Waals surface area contributed by atoms with E-state index in [4.69, 9.17) is 9.47 Å². The molecule has 10 heteroatoms. The Kier molecular flexibility index (Phi) is 5.65. The molecule has 0 bridgehead atoms. The molecule has 0 radical (unpaired) electrons. The second-order valence-electron chi connectivity index (χ2n) is 6.66. The summed E-state index contributed by atoms with van der Waals surface area (Å²) in [4.78, 5) is 11.8. The summed E-state index contributed by atoms with van der Waals surface area (Å²) >= 11 is 0. The zero-order valence-corrected chi connectivity index (χ0v) is 16.9. The third-order valence-electron chi connectivity index (χ3n) is 4.89. The van der Waals surface area contributed by atoms with Crippen molar-refractivity contribution in [2.24, 2.45) is 0 Å². The number of aromatic nitrogens is 4. The van der Waals surface area contributed by atoms with Crippen molar-refractivity contribution in [1.82, 2.24) is 23.8 Å². The Morgan fingerprint density at radius 2 is 2.10 bits per heavy atom. The van der Waals surface area contributed by atoms with Crippen LogP contribution in [0.2, 0.25) is 0 Å². The Morgan fingerprint density at radius 1 is 1.28 bits per heavy atom. The normalized spacial score (nSPS) is 15.5. The van der Waals surface area contributed by atoms with Gasteiger partial charge in [-0.05, 0) is 12.1 Å². The van der Waals surface area contributed by atoms with Crippen LogP contribution in [-0.2, 0) is 21.3 Å². The van der Waals surface area contributed by atoms with Crippen molar-refractivity contribution in [3.63, 3.8) is 0 Å². The van der Waals surface area contributed by atoms with Crippen LogP contribution in [0.1, 0.15) is 0 Å². The van der Waals surface area contributed by atoms with Crippen LogP contribution in [0.15, 0.2) is 43.1 Å². The van der Waals surface area contributed by atoms with E-state index in [0.717, 1.165) is 28.4 Å². The van der Waals surface area contributed by atoms with Crippen molar-refractivity contribution >= 4 is 10.0 Å². The second kappa shape index (κ2) is 8.36. The molecular weight excluding hydrogens is 394 g/mol. The van der Waals surface area contributed by atoms with Gasteiger partial charge >= 0.3 is 0 Å². The van der Waals surface area contributed by atoms with Crippen LogP contribution >= 0.6 is 0 Å². The van der Waals surface area contributed by atoms with Crippen molar-refractivity contribution in [1.29, 1.82) is 0 Å². The van der Waals surface area contributed by atoms with Crippen LogP contribution in [-0.4, -0.2) is 71.4 Å². The fourth-order valence-electron chi connectivity index (χ4n) is 3.37. The van der Waals surface area contributed by atoms with E-state index >= 15 is 0 Å². The van der Waals surface area contributed by atoms with Gasteiger partial charge in [0.05, 0.1) is 62.0 Å². The first kappa shape index (κ1) is 19.6. The quantitative estimate of drug-likeness (QED) is 0.627. The molecule has 3 heterocycles. The van der Waals surface area contributed by atoms with Gasteiger partial charge in [-0.25, -0.2) is 18.4 Å². The third-order valence-corrected chi connectivity index (χ3v) is 6.74. The molecule has 1 fully saturated rings. The van der Waals surface area contributed by atoms with E-state index in [-0.39, 0.29) is 12.3 Å². The highest BCUT2D eigenvalue weighted by Gasteiger charge is 2.25. The van der Waals surface area contributed by atoms with Crippen molar-refractivity contribution in [2.45, 2.75) is 6.54 Å². The van der Waals surface area contributed by atoms with E-state index in [1.54, 1.807) is 26.0 Å². The zero-order valence-electron chi connectivity index (χ0n) is 16.1. The Labute approximate surface area is 169 Å². The molecule has 4 rings (SSSR count). The number of aromatic amines is 1. The molecule has 0 spiro atoms. The third kappa shape index (κ3) is 4.19. The minimum absolute atomic E-state index is 0.0119. The van der Waals surface area contributed by atoms with Gasteiger partial charge in [0, 0.05) is 25.2 Å². The number of methoxy groups -OCH3 is 1. The molecular formula is C19H23N5O4S. The van der Waals surface area contributed by atoms with Crippen molar-refractivity contribution < 1.29 is 17.9 Å². The fraction of sp³-hybridized carbons (Fsp3) is 0.368. The number of rotatable bonds is 7. The molecule has 1 aliphatic heterocycles. The van der Waals surface area contributed by atoms with Gasteiger partial charge in [-0.2, -0.15) is 4.31 Å². The molecule has 1 N–H and O–H groups in total. The molecule has 0 aliphatic carbocycles. The average Bonchev–Trinajstić information content (AvgIpc) is 3.42. The molecule has 0 saturated carbocycles. The van der Waals surface area contributed by atoms with Gasteiger partial charge in [-0.15, -0.1) is 0 Å². The maximum Gasteiger partial charge on any atom is 0.216 e. The van der Waals surface area contributed by atoms with Gasteiger partial charge in [0.25, 0.3) is 0 Å². The number of ether oxygens (including phenoxy) is 2. The van der Waals surface area contributed by atoms with E-state index < -0.39 is 10.0 Å². The summed E-state index contributed by atoms with van der Waals surface area (Å²) in [6, 6.07) is 7.61. The predicted octanol–water partition coefficient (Wildman–Crippen LogP) is 1.61. The largest absolute Gasteiger partial charge is 0.497 e. The summed E-state index contributed by atoms with van der Waals surface area (Å²) in [5, 5.41) is 0. The monoisotopic (exact) mass is 417 g/mol. The number of H-pyrrole nitrogens is 1. The lowest BCUT2D eigenvalue weighted by Crippen LogP contribution is -2.42. The van der Waals surface area contributed by atoms with E-state index in [2.05, 4.69) is 15.0 Å². The number of nitrogens with one attached hydrogen (secondary N) is 1. The van der Waals surface area contributed by atoms with Gasteiger partial charge in [0.1, 0.15) is 5.75 Å². The number of sulfonamides is 1. The summed E-state index contributed by atoms with van der Waals surface area (Å²) in [6.07, 6.45) is 4.96. The lowest BCUT2D eigenvalue weighted by molar-refractivity contribution is 0.0730. The first-order valence-corrected chi connectivity index (χ1v) is 10.9. The highest BCUT2D eigenvalue weighted by Crippen LogP contribution is 2.31. The molecule has 0 atom stereocenters. The van der Waals surface area contributed by atoms with Gasteiger partial charge in [0.2, 0.25) is 10.0 Å². The molecule has 1 saturated heterocycles. The summed E-state index contributed by atoms with van der Waals surface area (Å²) in [5.41, 5.74) is 3.16. The van der Waals surface area contributed by atoms with Gasteiger partial charge in [-0.1, -0.05) is 12.1 Å². The number of nitrogens with zero attached hydrogens (tertiary/aromatic N) is 4. The van der Waals surface area contributed by atoms with Gasteiger partial charge in [-0.3, -0.25) is 0 Å². The van der Waals surface area contributed by atoms with E-state index in [1.807, 2.05) is 28.8 Å². The number of aryl methyl sites for hydroxylation is 1. The molecule has 2 aromatic heterocycles. The number of hydrogen-bond donors (Lipinski definition) is 1. The van der Waals surface area contributed by atoms with Crippen molar-refractivity contribution in [2.75, 3.05) is 39.2 Å². The molecule has 3 aromatic rings. The molecule has 154 valence electrons. The lowest BCUT2D eigenvalue weighted by atomic mass is 10.1. The Morgan fingerprint density at radius 3 is 2.83 bits per heavy atom. The molecule has 9 nitrogen and oxygen atoms in total. The average molecular weight is 417 g/mol. The van der Waals surface area contributed by atoms with Crippen LogP contribution in [0.3, 0.4) is 0 Å². The highest BCUT2D eigenvalue weighted by molar-refractivity contribution is 7.89. The van der Waals surface area contributed by atoms with Crippen molar-refractivity contribution in [3.8, 4) is 28.4 Å². The molecule has 1 aliphatic rings. The number of hydrogen-bond acceptors (Lipinski definition) is 6. The first-order valence-electron chi connectivity index (χ1n) is 9.32. The molecule has 1 aromatic carbocycles. The van der Waals surface area contributed by atoms with Gasteiger partial charge < -0.3 is 19.0 Å². The van der Waals surface area contributed by atoms with Crippen LogP contribution in [0.4, 0.5) is 0 Å². The standard InChI is InChI=1S/C19H23N5O4S/c1-27-16-4-2-3-15(11-16)18-19(17-12-20-13-21-17)23(14-22-18)7-10-29(25,26)24-5-8-28-9-6-24/h2-4,11-14H,5-10H2,1H3,(H,20,21). The smallest absolute Gasteiger partial charge is 0.216 e.